The highest BCUT2D eigenvalue weighted by molar-refractivity contribution is 5.93. The lowest BCUT2D eigenvalue weighted by atomic mass is 10.1. The summed E-state index contributed by atoms with van der Waals surface area (Å²) in [5.74, 6) is -0.124. The smallest absolute Gasteiger partial charge is 0.254 e. The van der Waals surface area contributed by atoms with E-state index in [4.69, 9.17) is 5.73 Å². The number of hydrogen-bond donors (Lipinski definition) is 2. The lowest BCUT2D eigenvalue weighted by Crippen LogP contribution is -2.22. The highest BCUT2D eigenvalue weighted by Gasteiger charge is 2.07. The summed E-state index contributed by atoms with van der Waals surface area (Å²) >= 11 is 0. The van der Waals surface area contributed by atoms with Gasteiger partial charge < -0.3 is 11.1 Å². The van der Waals surface area contributed by atoms with Crippen LogP contribution < -0.4 is 11.1 Å². The number of nitrogens with two attached hydrogens (primary N) is 1. The van der Waals surface area contributed by atoms with Crippen molar-refractivity contribution in [3.05, 3.63) is 53.3 Å². The maximum Gasteiger partial charge on any atom is 0.254 e. The molecule has 0 radical (unpaired) electrons. The van der Waals surface area contributed by atoms with E-state index in [2.05, 4.69) is 10.4 Å². The molecular formula is C13H16N4O. The van der Waals surface area contributed by atoms with E-state index >= 15 is 0 Å². The van der Waals surface area contributed by atoms with Crippen LogP contribution in [0.1, 0.15) is 21.5 Å². The summed E-state index contributed by atoms with van der Waals surface area (Å²) in [5.41, 5.74) is 8.23. The number of nitrogens with one attached hydrogen (secondary N) is 1. The summed E-state index contributed by atoms with van der Waals surface area (Å²) < 4.78 is 1.60. The van der Waals surface area contributed by atoms with Gasteiger partial charge in [-0.05, 0) is 11.1 Å². The first kappa shape index (κ1) is 12.3. The second kappa shape index (κ2) is 5.46. The molecule has 5 nitrogen and oxygen atoms in total. The molecule has 2 aromatic rings. The molecule has 2 rings (SSSR count). The van der Waals surface area contributed by atoms with E-state index in [1.54, 1.807) is 24.1 Å². The Labute approximate surface area is 106 Å². The van der Waals surface area contributed by atoms with Gasteiger partial charge in [-0.2, -0.15) is 5.10 Å². The SMILES string of the molecule is Cn1cc(C(=O)NCc2cccc(CN)c2)cn1. The van der Waals surface area contributed by atoms with Crippen LogP contribution in [-0.2, 0) is 20.1 Å². The lowest BCUT2D eigenvalue weighted by molar-refractivity contribution is 0.0951. The molecule has 0 saturated carbocycles. The van der Waals surface area contributed by atoms with Crippen molar-refractivity contribution in [2.24, 2.45) is 12.8 Å². The Balaban J connectivity index is 1.97. The highest BCUT2D eigenvalue weighted by atomic mass is 16.1. The molecule has 5 heteroatoms. The summed E-state index contributed by atoms with van der Waals surface area (Å²) in [6.07, 6.45) is 3.23. The predicted octanol–water partition coefficient (Wildman–Crippen LogP) is 0.809. The van der Waals surface area contributed by atoms with E-state index in [1.165, 1.54) is 0 Å². The van der Waals surface area contributed by atoms with E-state index in [1.807, 2.05) is 24.3 Å². The Morgan fingerprint density at radius 1 is 1.44 bits per heavy atom. The first-order valence-electron chi connectivity index (χ1n) is 5.74. The molecule has 1 heterocycles. The van der Waals surface area contributed by atoms with Gasteiger partial charge in [-0.1, -0.05) is 24.3 Å². The molecule has 1 aromatic carbocycles. The van der Waals surface area contributed by atoms with E-state index in [0.29, 0.717) is 18.7 Å². The van der Waals surface area contributed by atoms with Crippen LogP contribution in [0.5, 0.6) is 0 Å². The Bertz CT molecular complexity index is 547. The summed E-state index contributed by atoms with van der Waals surface area (Å²) in [7, 11) is 1.78. The first-order chi connectivity index (χ1) is 8.69. The van der Waals surface area contributed by atoms with Crippen molar-refractivity contribution in [1.82, 2.24) is 15.1 Å². The van der Waals surface area contributed by atoms with Crippen molar-refractivity contribution in [2.45, 2.75) is 13.1 Å². The van der Waals surface area contributed by atoms with Crippen LogP contribution in [0.3, 0.4) is 0 Å². The van der Waals surface area contributed by atoms with Gasteiger partial charge in [-0.25, -0.2) is 0 Å². The average Bonchev–Trinajstić information content (AvgIpc) is 2.83. The molecule has 1 amide bonds. The number of carbonyl (C=O) groups excluding carboxylic acids is 1. The second-order valence-electron chi connectivity index (χ2n) is 4.11. The van der Waals surface area contributed by atoms with E-state index < -0.39 is 0 Å². The molecule has 18 heavy (non-hydrogen) atoms. The van der Waals surface area contributed by atoms with Gasteiger partial charge in [0, 0.05) is 26.3 Å². The summed E-state index contributed by atoms with van der Waals surface area (Å²) in [6.45, 7) is 0.992. The molecule has 0 spiro atoms. The molecular weight excluding hydrogens is 228 g/mol. The largest absolute Gasteiger partial charge is 0.348 e. The molecule has 0 aliphatic heterocycles. The number of hydrogen-bond acceptors (Lipinski definition) is 3. The summed E-state index contributed by atoms with van der Waals surface area (Å²) in [6, 6.07) is 7.85. The zero-order chi connectivity index (χ0) is 13.0. The van der Waals surface area contributed by atoms with Gasteiger partial charge in [-0.15, -0.1) is 0 Å². The van der Waals surface area contributed by atoms with E-state index in [0.717, 1.165) is 11.1 Å². The third kappa shape index (κ3) is 2.95. The first-order valence-corrected chi connectivity index (χ1v) is 5.74. The van der Waals surface area contributed by atoms with E-state index in [9.17, 15) is 4.79 Å². The van der Waals surface area contributed by atoms with Crippen LogP contribution >= 0.6 is 0 Å². The molecule has 3 N–H and O–H groups in total. The normalized spacial score (nSPS) is 10.3. The Morgan fingerprint density at radius 3 is 2.89 bits per heavy atom. The van der Waals surface area contributed by atoms with Crippen molar-refractivity contribution in [2.75, 3.05) is 0 Å². The summed E-state index contributed by atoms with van der Waals surface area (Å²) in [4.78, 5) is 11.8. The molecule has 1 aromatic heterocycles. The van der Waals surface area contributed by atoms with Crippen molar-refractivity contribution >= 4 is 5.91 Å². The molecule has 0 unspecified atom stereocenters. The van der Waals surface area contributed by atoms with Crippen LogP contribution in [-0.4, -0.2) is 15.7 Å². The second-order valence-corrected chi connectivity index (χ2v) is 4.11. The van der Waals surface area contributed by atoms with Crippen LogP contribution in [0, 0.1) is 0 Å². The van der Waals surface area contributed by atoms with Crippen molar-refractivity contribution in [1.29, 1.82) is 0 Å². The average molecular weight is 244 g/mol. The van der Waals surface area contributed by atoms with Crippen molar-refractivity contribution in [3.63, 3.8) is 0 Å². The van der Waals surface area contributed by atoms with Crippen LogP contribution in [0.2, 0.25) is 0 Å². The molecule has 0 aliphatic carbocycles. The minimum Gasteiger partial charge on any atom is -0.348 e. The number of benzene rings is 1. The quantitative estimate of drug-likeness (QED) is 0.836. The molecule has 0 aliphatic rings. The van der Waals surface area contributed by atoms with Gasteiger partial charge in [0.05, 0.1) is 11.8 Å². The minimum absolute atomic E-state index is 0.124. The van der Waals surface area contributed by atoms with E-state index in [-0.39, 0.29) is 5.91 Å². The summed E-state index contributed by atoms with van der Waals surface area (Å²) in [5, 5.41) is 6.81. The maximum absolute atomic E-state index is 11.8. The third-order valence-electron chi connectivity index (χ3n) is 2.65. The minimum atomic E-state index is -0.124. The number of aromatic nitrogens is 2. The predicted molar refractivity (Wildman–Crippen MR) is 68.7 cm³/mol. The van der Waals surface area contributed by atoms with Crippen molar-refractivity contribution in [3.8, 4) is 0 Å². The Kier molecular flexibility index (Phi) is 3.74. The monoisotopic (exact) mass is 244 g/mol. The number of carbonyl (C=O) groups is 1. The zero-order valence-electron chi connectivity index (χ0n) is 10.3. The number of nitrogens with zero attached hydrogens (tertiary/aromatic N) is 2. The van der Waals surface area contributed by atoms with Crippen LogP contribution in [0.15, 0.2) is 36.7 Å². The fourth-order valence-corrected chi connectivity index (χ4v) is 1.69. The van der Waals surface area contributed by atoms with Gasteiger partial charge in [0.25, 0.3) is 5.91 Å². The topological polar surface area (TPSA) is 72.9 Å². The molecule has 0 atom stereocenters. The number of aryl methyl sites for hydroxylation is 1. The standard InChI is InChI=1S/C13H16N4O/c1-17-9-12(8-16-17)13(18)15-7-11-4-2-3-10(5-11)6-14/h2-5,8-9H,6-7,14H2,1H3,(H,15,18). The number of rotatable bonds is 4. The third-order valence-corrected chi connectivity index (χ3v) is 2.65. The van der Waals surface area contributed by atoms with Gasteiger partial charge in [-0.3, -0.25) is 9.48 Å². The van der Waals surface area contributed by atoms with Crippen molar-refractivity contribution < 1.29 is 4.79 Å². The zero-order valence-corrected chi connectivity index (χ0v) is 10.3. The van der Waals surface area contributed by atoms with Gasteiger partial charge in [0.2, 0.25) is 0 Å². The molecule has 0 fully saturated rings. The fraction of sp³-hybridized carbons (Fsp3) is 0.231. The lowest BCUT2D eigenvalue weighted by Gasteiger charge is -2.05. The number of amides is 1. The van der Waals surface area contributed by atoms with Gasteiger partial charge in [0.15, 0.2) is 0 Å². The van der Waals surface area contributed by atoms with Crippen LogP contribution in [0.4, 0.5) is 0 Å². The Hall–Kier alpha value is -2.14. The van der Waals surface area contributed by atoms with Crippen LogP contribution in [0.25, 0.3) is 0 Å². The molecule has 94 valence electrons. The van der Waals surface area contributed by atoms with Gasteiger partial charge >= 0.3 is 0 Å². The van der Waals surface area contributed by atoms with Gasteiger partial charge in [0.1, 0.15) is 0 Å². The maximum atomic E-state index is 11.8. The Morgan fingerprint density at radius 2 is 2.22 bits per heavy atom. The molecule has 0 bridgehead atoms. The highest BCUT2D eigenvalue weighted by Crippen LogP contribution is 2.05. The fourth-order valence-electron chi connectivity index (χ4n) is 1.69. The molecule has 0 saturated heterocycles.